The van der Waals surface area contributed by atoms with Gasteiger partial charge in [0.2, 0.25) is 5.91 Å². The second-order valence-electron chi connectivity index (χ2n) is 6.67. The van der Waals surface area contributed by atoms with Gasteiger partial charge in [-0.15, -0.1) is 0 Å². The SMILES string of the molecule is O=C(CNc1ccccc1N1CCc2ccccc2C1)NCc1ccco1. The molecule has 1 aliphatic rings. The number of hydrogen-bond acceptors (Lipinski definition) is 4. The zero-order chi connectivity index (χ0) is 18.5. The van der Waals surface area contributed by atoms with E-state index in [4.69, 9.17) is 4.42 Å². The van der Waals surface area contributed by atoms with Gasteiger partial charge in [-0.05, 0) is 41.8 Å². The molecule has 2 heterocycles. The van der Waals surface area contributed by atoms with Crippen molar-refractivity contribution in [1.29, 1.82) is 0 Å². The molecule has 2 aromatic carbocycles. The summed E-state index contributed by atoms with van der Waals surface area (Å²) in [5.41, 5.74) is 4.90. The molecule has 0 spiro atoms. The highest BCUT2D eigenvalue weighted by atomic mass is 16.3. The van der Waals surface area contributed by atoms with E-state index in [0.717, 1.165) is 36.6 Å². The molecule has 1 aliphatic heterocycles. The molecule has 0 atom stereocenters. The van der Waals surface area contributed by atoms with Gasteiger partial charge >= 0.3 is 0 Å². The molecule has 4 rings (SSSR count). The van der Waals surface area contributed by atoms with Crippen molar-refractivity contribution in [3.05, 3.63) is 83.8 Å². The van der Waals surface area contributed by atoms with E-state index in [-0.39, 0.29) is 12.5 Å². The van der Waals surface area contributed by atoms with Gasteiger partial charge in [0.15, 0.2) is 0 Å². The molecule has 0 unspecified atom stereocenters. The molecule has 138 valence electrons. The number of amides is 1. The fraction of sp³-hybridized carbons (Fsp3) is 0.227. The highest BCUT2D eigenvalue weighted by Gasteiger charge is 2.18. The van der Waals surface area contributed by atoms with Gasteiger partial charge in [-0.3, -0.25) is 4.79 Å². The second-order valence-corrected chi connectivity index (χ2v) is 6.67. The number of furan rings is 1. The third-order valence-corrected chi connectivity index (χ3v) is 4.85. The van der Waals surface area contributed by atoms with Crippen molar-refractivity contribution in [3.63, 3.8) is 0 Å². The predicted molar refractivity (Wildman–Crippen MR) is 107 cm³/mol. The summed E-state index contributed by atoms with van der Waals surface area (Å²) in [6.07, 6.45) is 2.64. The van der Waals surface area contributed by atoms with Gasteiger partial charge in [-0.1, -0.05) is 36.4 Å². The van der Waals surface area contributed by atoms with Crippen LogP contribution in [0.2, 0.25) is 0 Å². The Kier molecular flexibility index (Phi) is 5.10. The van der Waals surface area contributed by atoms with Crippen molar-refractivity contribution in [2.75, 3.05) is 23.3 Å². The molecule has 0 fully saturated rings. The summed E-state index contributed by atoms with van der Waals surface area (Å²) in [5, 5.41) is 6.14. The summed E-state index contributed by atoms with van der Waals surface area (Å²) in [6, 6.07) is 20.4. The average molecular weight is 361 g/mol. The quantitative estimate of drug-likeness (QED) is 0.705. The van der Waals surface area contributed by atoms with E-state index in [9.17, 15) is 4.79 Å². The molecule has 2 N–H and O–H groups in total. The first kappa shape index (κ1) is 17.2. The van der Waals surface area contributed by atoms with Crippen molar-refractivity contribution < 1.29 is 9.21 Å². The van der Waals surface area contributed by atoms with Gasteiger partial charge in [0.1, 0.15) is 5.76 Å². The number of fused-ring (bicyclic) bond motifs is 1. The molecular formula is C22H23N3O2. The molecule has 5 nitrogen and oxygen atoms in total. The number of anilines is 2. The predicted octanol–water partition coefficient (Wildman–Crippen LogP) is 3.57. The van der Waals surface area contributed by atoms with Gasteiger partial charge < -0.3 is 20.0 Å². The molecule has 0 radical (unpaired) electrons. The summed E-state index contributed by atoms with van der Waals surface area (Å²) in [7, 11) is 0. The highest BCUT2D eigenvalue weighted by Crippen LogP contribution is 2.30. The van der Waals surface area contributed by atoms with Crippen molar-refractivity contribution >= 4 is 17.3 Å². The third-order valence-electron chi connectivity index (χ3n) is 4.85. The van der Waals surface area contributed by atoms with Crippen LogP contribution in [0.3, 0.4) is 0 Å². The number of benzene rings is 2. The van der Waals surface area contributed by atoms with Gasteiger partial charge in [-0.2, -0.15) is 0 Å². The minimum absolute atomic E-state index is 0.0646. The van der Waals surface area contributed by atoms with Crippen LogP contribution in [-0.2, 0) is 24.3 Å². The van der Waals surface area contributed by atoms with Crippen LogP contribution in [0.1, 0.15) is 16.9 Å². The molecule has 0 aliphatic carbocycles. The Morgan fingerprint density at radius 2 is 1.81 bits per heavy atom. The fourth-order valence-corrected chi connectivity index (χ4v) is 3.44. The van der Waals surface area contributed by atoms with E-state index in [1.54, 1.807) is 6.26 Å². The second kappa shape index (κ2) is 7.99. The Bertz CT molecular complexity index is 905. The lowest BCUT2D eigenvalue weighted by Crippen LogP contribution is -2.32. The summed E-state index contributed by atoms with van der Waals surface area (Å²) >= 11 is 0. The van der Waals surface area contributed by atoms with E-state index in [0.29, 0.717) is 6.54 Å². The van der Waals surface area contributed by atoms with Crippen LogP contribution >= 0.6 is 0 Å². The third kappa shape index (κ3) is 4.14. The number of nitrogens with zero attached hydrogens (tertiary/aromatic N) is 1. The number of hydrogen-bond donors (Lipinski definition) is 2. The van der Waals surface area contributed by atoms with Crippen LogP contribution in [-0.4, -0.2) is 19.0 Å². The maximum Gasteiger partial charge on any atom is 0.239 e. The standard InChI is InChI=1S/C22H23N3O2/c26-22(24-14-19-8-5-13-27-19)15-23-20-9-3-4-10-21(20)25-12-11-17-6-1-2-7-18(17)16-25/h1-10,13,23H,11-12,14-16H2,(H,24,26). The Balaban J connectivity index is 1.39. The van der Waals surface area contributed by atoms with E-state index in [2.05, 4.69) is 45.9 Å². The molecule has 1 amide bonds. The molecule has 1 aromatic heterocycles. The summed E-state index contributed by atoms with van der Waals surface area (Å²) in [6.45, 7) is 2.49. The number of rotatable bonds is 6. The number of nitrogens with one attached hydrogen (secondary N) is 2. The van der Waals surface area contributed by atoms with Crippen molar-refractivity contribution in [1.82, 2.24) is 5.32 Å². The maximum atomic E-state index is 12.1. The van der Waals surface area contributed by atoms with Crippen LogP contribution in [0.25, 0.3) is 0 Å². The smallest absolute Gasteiger partial charge is 0.239 e. The first-order valence-corrected chi connectivity index (χ1v) is 9.23. The van der Waals surface area contributed by atoms with Crippen LogP contribution < -0.4 is 15.5 Å². The van der Waals surface area contributed by atoms with Crippen LogP contribution in [0.5, 0.6) is 0 Å². The van der Waals surface area contributed by atoms with E-state index < -0.39 is 0 Å². The monoisotopic (exact) mass is 361 g/mol. The minimum Gasteiger partial charge on any atom is -0.467 e. The minimum atomic E-state index is -0.0646. The Morgan fingerprint density at radius 1 is 1.00 bits per heavy atom. The topological polar surface area (TPSA) is 57.5 Å². The number of para-hydroxylation sites is 2. The molecular weight excluding hydrogens is 338 g/mol. The molecule has 3 aromatic rings. The lowest BCUT2D eigenvalue weighted by molar-refractivity contribution is -0.119. The van der Waals surface area contributed by atoms with Crippen molar-refractivity contribution in [2.45, 2.75) is 19.5 Å². The van der Waals surface area contributed by atoms with Gasteiger partial charge in [0.05, 0.1) is 30.7 Å². The molecule has 0 saturated carbocycles. The largest absolute Gasteiger partial charge is 0.467 e. The van der Waals surface area contributed by atoms with Crippen molar-refractivity contribution in [2.24, 2.45) is 0 Å². The molecule has 5 heteroatoms. The molecule has 27 heavy (non-hydrogen) atoms. The lowest BCUT2D eigenvalue weighted by atomic mass is 9.99. The van der Waals surface area contributed by atoms with E-state index >= 15 is 0 Å². The Hall–Kier alpha value is -3.21. The molecule has 0 bridgehead atoms. The highest BCUT2D eigenvalue weighted by molar-refractivity contribution is 5.82. The first-order valence-electron chi connectivity index (χ1n) is 9.23. The zero-order valence-electron chi connectivity index (χ0n) is 15.2. The van der Waals surface area contributed by atoms with E-state index in [1.165, 1.54) is 11.1 Å². The van der Waals surface area contributed by atoms with Crippen LogP contribution in [0.4, 0.5) is 11.4 Å². The van der Waals surface area contributed by atoms with Gasteiger partial charge in [0.25, 0.3) is 0 Å². The number of carbonyl (C=O) groups is 1. The van der Waals surface area contributed by atoms with Gasteiger partial charge in [0, 0.05) is 13.1 Å². The fourth-order valence-electron chi connectivity index (χ4n) is 3.44. The van der Waals surface area contributed by atoms with Gasteiger partial charge in [-0.25, -0.2) is 0 Å². The summed E-state index contributed by atoms with van der Waals surface area (Å²) in [5.74, 6) is 0.681. The van der Waals surface area contributed by atoms with Crippen LogP contribution in [0, 0.1) is 0 Å². The maximum absolute atomic E-state index is 12.1. The zero-order valence-corrected chi connectivity index (χ0v) is 15.2. The van der Waals surface area contributed by atoms with E-state index in [1.807, 2.05) is 30.3 Å². The van der Waals surface area contributed by atoms with Crippen LogP contribution in [0.15, 0.2) is 71.3 Å². The van der Waals surface area contributed by atoms with Crippen molar-refractivity contribution in [3.8, 4) is 0 Å². The Morgan fingerprint density at radius 3 is 2.67 bits per heavy atom. The Labute approximate surface area is 159 Å². The first-order chi connectivity index (χ1) is 13.3. The normalized spacial score (nSPS) is 13.1. The summed E-state index contributed by atoms with van der Waals surface area (Å²) < 4.78 is 5.23. The molecule has 0 saturated heterocycles. The average Bonchev–Trinajstić information content (AvgIpc) is 3.24. The summed E-state index contributed by atoms with van der Waals surface area (Å²) in [4.78, 5) is 14.5. The number of carbonyl (C=O) groups excluding carboxylic acids is 1. The lowest BCUT2D eigenvalue weighted by Gasteiger charge is -2.32.